The standard InChI is InChI=1S/C18H18F3N3OS/c19-18(20,21)13-5-3-4-12(10-13)17(25)24-14-7-9-23-16(11-14)26-15-6-1-2-8-22-15/h1-2,6-9,11-13H,3-5,10H2,(H,23,24,25). The van der Waals surface area contributed by atoms with Crippen molar-refractivity contribution in [2.75, 3.05) is 5.32 Å². The Kier molecular flexibility index (Phi) is 5.80. The highest BCUT2D eigenvalue weighted by atomic mass is 32.2. The van der Waals surface area contributed by atoms with Crippen LogP contribution in [0.4, 0.5) is 18.9 Å². The number of anilines is 1. The van der Waals surface area contributed by atoms with E-state index in [0.29, 0.717) is 23.6 Å². The monoisotopic (exact) mass is 381 g/mol. The van der Waals surface area contributed by atoms with Gasteiger partial charge in [-0.25, -0.2) is 9.97 Å². The van der Waals surface area contributed by atoms with E-state index in [9.17, 15) is 18.0 Å². The summed E-state index contributed by atoms with van der Waals surface area (Å²) >= 11 is 1.35. The number of hydrogen-bond acceptors (Lipinski definition) is 4. The molecule has 4 nitrogen and oxygen atoms in total. The van der Waals surface area contributed by atoms with Crippen LogP contribution in [0.15, 0.2) is 52.8 Å². The van der Waals surface area contributed by atoms with Crippen molar-refractivity contribution in [3.05, 3.63) is 42.7 Å². The Morgan fingerprint density at radius 3 is 2.65 bits per heavy atom. The molecule has 1 saturated carbocycles. The number of aromatic nitrogens is 2. The lowest BCUT2D eigenvalue weighted by atomic mass is 9.80. The van der Waals surface area contributed by atoms with Crippen LogP contribution in [0.25, 0.3) is 0 Å². The molecule has 1 amide bonds. The van der Waals surface area contributed by atoms with Gasteiger partial charge in [0.1, 0.15) is 10.1 Å². The van der Waals surface area contributed by atoms with Crippen molar-refractivity contribution in [3.63, 3.8) is 0 Å². The van der Waals surface area contributed by atoms with Gasteiger partial charge in [0.15, 0.2) is 0 Å². The van der Waals surface area contributed by atoms with E-state index in [1.807, 2.05) is 18.2 Å². The van der Waals surface area contributed by atoms with Crippen molar-refractivity contribution in [2.24, 2.45) is 11.8 Å². The summed E-state index contributed by atoms with van der Waals surface area (Å²) in [6, 6.07) is 8.84. The molecule has 0 saturated heterocycles. The zero-order chi connectivity index (χ0) is 18.6. The summed E-state index contributed by atoms with van der Waals surface area (Å²) in [4.78, 5) is 20.8. The Morgan fingerprint density at radius 1 is 1.12 bits per heavy atom. The molecule has 8 heteroatoms. The highest BCUT2D eigenvalue weighted by Gasteiger charge is 2.43. The molecule has 2 atom stereocenters. The van der Waals surface area contributed by atoms with E-state index in [1.54, 1.807) is 24.5 Å². The number of amides is 1. The predicted octanol–water partition coefficient (Wildman–Crippen LogP) is 4.94. The molecule has 2 aromatic rings. The zero-order valence-electron chi connectivity index (χ0n) is 13.9. The van der Waals surface area contributed by atoms with Gasteiger partial charge in [0, 0.05) is 24.0 Å². The molecule has 0 aliphatic heterocycles. The van der Waals surface area contributed by atoms with E-state index >= 15 is 0 Å². The van der Waals surface area contributed by atoms with Crippen LogP contribution in [0, 0.1) is 11.8 Å². The SMILES string of the molecule is O=C(Nc1ccnc(Sc2ccccn2)c1)C1CCCC(C(F)(F)F)C1. The summed E-state index contributed by atoms with van der Waals surface area (Å²) in [5.74, 6) is -2.37. The lowest BCUT2D eigenvalue weighted by molar-refractivity contribution is -0.185. The minimum atomic E-state index is -4.23. The molecule has 3 rings (SSSR count). The average molecular weight is 381 g/mol. The number of nitrogens with one attached hydrogen (secondary N) is 1. The van der Waals surface area contributed by atoms with Crippen LogP contribution >= 0.6 is 11.8 Å². The maximum atomic E-state index is 12.9. The fourth-order valence-corrected chi connectivity index (χ4v) is 3.80. The number of carbonyl (C=O) groups excluding carboxylic acids is 1. The van der Waals surface area contributed by atoms with Crippen LogP contribution in [0.2, 0.25) is 0 Å². The van der Waals surface area contributed by atoms with Crippen LogP contribution in [0.3, 0.4) is 0 Å². The first-order valence-electron chi connectivity index (χ1n) is 8.34. The van der Waals surface area contributed by atoms with Crippen molar-refractivity contribution >= 4 is 23.4 Å². The number of alkyl halides is 3. The first kappa shape index (κ1) is 18.7. The summed E-state index contributed by atoms with van der Waals surface area (Å²) < 4.78 is 38.7. The average Bonchev–Trinajstić information content (AvgIpc) is 2.62. The maximum Gasteiger partial charge on any atom is 0.391 e. The Bertz CT molecular complexity index is 755. The second-order valence-corrected chi connectivity index (χ2v) is 7.28. The Hall–Kier alpha value is -2.09. The van der Waals surface area contributed by atoms with Gasteiger partial charge in [-0.15, -0.1) is 0 Å². The topological polar surface area (TPSA) is 54.9 Å². The van der Waals surface area contributed by atoms with E-state index < -0.39 is 18.0 Å². The Balaban J connectivity index is 1.63. The molecule has 1 N–H and O–H groups in total. The zero-order valence-corrected chi connectivity index (χ0v) is 14.7. The van der Waals surface area contributed by atoms with Gasteiger partial charge in [0.05, 0.1) is 5.92 Å². The van der Waals surface area contributed by atoms with Gasteiger partial charge in [0.25, 0.3) is 0 Å². The summed E-state index contributed by atoms with van der Waals surface area (Å²) in [6.07, 6.45) is -0.141. The lowest BCUT2D eigenvalue weighted by Crippen LogP contribution is -2.34. The van der Waals surface area contributed by atoms with E-state index in [2.05, 4.69) is 15.3 Å². The van der Waals surface area contributed by atoms with Crippen molar-refractivity contribution < 1.29 is 18.0 Å². The Labute approximate surface area is 153 Å². The molecular weight excluding hydrogens is 363 g/mol. The highest BCUT2D eigenvalue weighted by molar-refractivity contribution is 7.99. The van der Waals surface area contributed by atoms with Gasteiger partial charge in [-0.05, 0) is 43.5 Å². The minimum Gasteiger partial charge on any atom is -0.326 e. The molecule has 2 heterocycles. The van der Waals surface area contributed by atoms with Crippen LogP contribution in [0.1, 0.15) is 25.7 Å². The fourth-order valence-electron chi connectivity index (χ4n) is 3.03. The van der Waals surface area contributed by atoms with Crippen molar-refractivity contribution in [1.82, 2.24) is 9.97 Å². The summed E-state index contributed by atoms with van der Waals surface area (Å²) in [6.45, 7) is 0. The molecular formula is C18H18F3N3OS. The predicted molar refractivity (Wildman–Crippen MR) is 92.7 cm³/mol. The first-order chi connectivity index (χ1) is 12.4. The normalized spacial score (nSPS) is 20.6. The fraction of sp³-hybridized carbons (Fsp3) is 0.389. The van der Waals surface area contributed by atoms with Gasteiger partial charge in [-0.2, -0.15) is 13.2 Å². The minimum absolute atomic E-state index is 0.105. The van der Waals surface area contributed by atoms with Crippen molar-refractivity contribution in [2.45, 2.75) is 41.9 Å². The van der Waals surface area contributed by atoms with Crippen molar-refractivity contribution in [3.8, 4) is 0 Å². The largest absolute Gasteiger partial charge is 0.391 e. The third-order valence-corrected chi connectivity index (χ3v) is 5.24. The highest BCUT2D eigenvalue weighted by Crippen LogP contribution is 2.40. The number of pyridine rings is 2. The van der Waals surface area contributed by atoms with Crippen LogP contribution in [0.5, 0.6) is 0 Å². The van der Waals surface area contributed by atoms with E-state index in [4.69, 9.17) is 0 Å². The van der Waals surface area contributed by atoms with Crippen LogP contribution < -0.4 is 5.32 Å². The van der Waals surface area contributed by atoms with Gasteiger partial charge < -0.3 is 5.32 Å². The van der Waals surface area contributed by atoms with Gasteiger partial charge in [-0.3, -0.25) is 4.79 Å². The second-order valence-electron chi connectivity index (χ2n) is 6.24. The molecule has 26 heavy (non-hydrogen) atoms. The van der Waals surface area contributed by atoms with Crippen LogP contribution in [-0.2, 0) is 4.79 Å². The summed E-state index contributed by atoms with van der Waals surface area (Å²) in [5, 5.41) is 4.15. The summed E-state index contributed by atoms with van der Waals surface area (Å²) in [5.41, 5.74) is 0.526. The molecule has 2 aromatic heterocycles. The second kappa shape index (κ2) is 8.07. The van der Waals surface area contributed by atoms with E-state index in [-0.39, 0.29) is 18.7 Å². The lowest BCUT2D eigenvalue weighted by Gasteiger charge is -2.29. The molecule has 0 bridgehead atoms. The number of hydrogen-bond donors (Lipinski definition) is 1. The number of carbonyl (C=O) groups is 1. The molecule has 0 aromatic carbocycles. The number of halogens is 3. The van der Waals surface area contributed by atoms with E-state index in [0.717, 1.165) is 5.03 Å². The smallest absolute Gasteiger partial charge is 0.326 e. The molecule has 0 spiro atoms. The van der Waals surface area contributed by atoms with Gasteiger partial charge >= 0.3 is 6.18 Å². The van der Waals surface area contributed by atoms with Gasteiger partial charge in [-0.1, -0.05) is 24.2 Å². The number of nitrogens with zero attached hydrogens (tertiary/aromatic N) is 2. The third kappa shape index (κ3) is 4.97. The molecule has 138 valence electrons. The first-order valence-corrected chi connectivity index (χ1v) is 9.16. The molecule has 1 fully saturated rings. The van der Waals surface area contributed by atoms with Crippen molar-refractivity contribution in [1.29, 1.82) is 0 Å². The van der Waals surface area contributed by atoms with Crippen LogP contribution in [-0.4, -0.2) is 22.1 Å². The molecule has 2 unspecified atom stereocenters. The van der Waals surface area contributed by atoms with Gasteiger partial charge in [0.2, 0.25) is 5.91 Å². The molecule has 0 radical (unpaired) electrons. The summed E-state index contributed by atoms with van der Waals surface area (Å²) in [7, 11) is 0. The Morgan fingerprint density at radius 2 is 1.92 bits per heavy atom. The third-order valence-electron chi connectivity index (χ3n) is 4.36. The quantitative estimate of drug-likeness (QED) is 0.815. The molecule has 1 aliphatic rings. The number of rotatable bonds is 4. The molecule has 1 aliphatic carbocycles. The maximum absolute atomic E-state index is 12.9. The van der Waals surface area contributed by atoms with E-state index in [1.165, 1.54) is 11.8 Å².